The SMILES string of the molecule is O=C(c1ccc(Br)cc1)c1ccc2ccccn12. The second kappa shape index (κ2) is 4.42. The normalized spacial score (nSPS) is 10.7. The highest BCUT2D eigenvalue weighted by Crippen LogP contribution is 2.16. The molecule has 0 spiro atoms. The average molecular weight is 300 g/mol. The van der Waals surface area contributed by atoms with Crippen LogP contribution in [0.4, 0.5) is 0 Å². The first kappa shape index (κ1) is 11.2. The fraction of sp³-hybridized carbons (Fsp3) is 0. The van der Waals surface area contributed by atoms with E-state index in [9.17, 15) is 4.79 Å². The van der Waals surface area contributed by atoms with Gasteiger partial charge in [0.1, 0.15) is 0 Å². The fourth-order valence-electron chi connectivity index (χ4n) is 1.99. The highest BCUT2D eigenvalue weighted by Gasteiger charge is 2.12. The zero-order valence-electron chi connectivity index (χ0n) is 9.51. The smallest absolute Gasteiger partial charge is 0.209 e. The van der Waals surface area contributed by atoms with Crippen LogP contribution in [0.3, 0.4) is 0 Å². The zero-order valence-corrected chi connectivity index (χ0v) is 11.1. The molecule has 88 valence electrons. The molecule has 18 heavy (non-hydrogen) atoms. The number of pyridine rings is 1. The number of benzene rings is 1. The highest BCUT2D eigenvalue weighted by atomic mass is 79.9. The third-order valence-corrected chi connectivity index (χ3v) is 3.43. The van der Waals surface area contributed by atoms with Crippen molar-refractivity contribution in [1.29, 1.82) is 0 Å². The molecule has 0 N–H and O–H groups in total. The number of aromatic nitrogens is 1. The number of carbonyl (C=O) groups excluding carboxylic acids is 1. The summed E-state index contributed by atoms with van der Waals surface area (Å²) < 4.78 is 2.88. The van der Waals surface area contributed by atoms with Crippen molar-refractivity contribution in [2.45, 2.75) is 0 Å². The maximum Gasteiger partial charge on any atom is 0.209 e. The summed E-state index contributed by atoms with van der Waals surface area (Å²) in [5.74, 6) is 0.0358. The monoisotopic (exact) mass is 299 g/mol. The summed E-state index contributed by atoms with van der Waals surface area (Å²) in [5, 5.41) is 0. The first-order valence-electron chi connectivity index (χ1n) is 5.62. The molecule has 0 aliphatic carbocycles. The van der Waals surface area contributed by atoms with Crippen LogP contribution in [0, 0.1) is 0 Å². The number of fused-ring (bicyclic) bond motifs is 1. The van der Waals surface area contributed by atoms with Crippen molar-refractivity contribution in [3.63, 3.8) is 0 Å². The molecule has 0 radical (unpaired) electrons. The number of carbonyl (C=O) groups is 1. The van der Waals surface area contributed by atoms with Gasteiger partial charge in [-0.25, -0.2) is 0 Å². The maximum atomic E-state index is 12.4. The van der Waals surface area contributed by atoms with Gasteiger partial charge >= 0.3 is 0 Å². The van der Waals surface area contributed by atoms with Gasteiger partial charge in [0.2, 0.25) is 5.78 Å². The van der Waals surface area contributed by atoms with Crippen molar-refractivity contribution in [3.8, 4) is 0 Å². The average Bonchev–Trinajstić information content (AvgIpc) is 2.82. The summed E-state index contributed by atoms with van der Waals surface area (Å²) in [6.07, 6.45) is 1.90. The number of rotatable bonds is 2. The minimum atomic E-state index is 0.0358. The van der Waals surface area contributed by atoms with Crippen LogP contribution in [0.1, 0.15) is 16.1 Å². The van der Waals surface area contributed by atoms with Crippen molar-refractivity contribution in [2.24, 2.45) is 0 Å². The molecule has 2 heterocycles. The zero-order chi connectivity index (χ0) is 12.5. The standard InChI is InChI=1S/C15H10BrNO/c16-12-6-4-11(5-7-12)15(18)14-9-8-13-3-1-2-10-17(13)14/h1-10H. The van der Waals surface area contributed by atoms with Gasteiger partial charge in [0.15, 0.2) is 0 Å². The molecule has 0 atom stereocenters. The minimum Gasteiger partial charge on any atom is -0.314 e. The van der Waals surface area contributed by atoms with E-state index in [1.807, 2.05) is 65.2 Å². The molecular formula is C15H10BrNO. The Labute approximate surface area is 113 Å². The molecule has 0 saturated heterocycles. The predicted octanol–water partition coefficient (Wildman–Crippen LogP) is 3.93. The molecule has 0 aliphatic rings. The summed E-state index contributed by atoms with van der Waals surface area (Å²) >= 11 is 3.37. The van der Waals surface area contributed by atoms with Crippen molar-refractivity contribution >= 4 is 27.2 Å². The number of hydrogen-bond acceptors (Lipinski definition) is 1. The van der Waals surface area contributed by atoms with Crippen molar-refractivity contribution < 1.29 is 4.79 Å². The van der Waals surface area contributed by atoms with E-state index in [1.165, 1.54) is 0 Å². The third kappa shape index (κ3) is 1.87. The maximum absolute atomic E-state index is 12.4. The summed E-state index contributed by atoms with van der Waals surface area (Å²) in [6.45, 7) is 0. The lowest BCUT2D eigenvalue weighted by Crippen LogP contribution is -2.04. The highest BCUT2D eigenvalue weighted by molar-refractivity contribution is 9.10. The Bertz CT molecular complexity index is 713. The first-order valence-corrected chi connectivity index (χ1v) is 6.41. The number of nitrogens with zero attached hydrogens (tertiary/aromatic N) is 1. The third-order valence-electron chi connectivity index (χ3n) is 2.90. The van der Waals surface area contributed by atoms with Crippen LogP contribution in [-0.4, -0.2) is 10.2 Å². The molecule has 0 bridgehead atoms. The largest absolute Gasteiger partial charge is 0.314 e. The number of halogens is 1. The predicted molar refractivity (Wildman–Crippen MR) is 75.0 cm³/mol. The van der Waals surface area contributed by atoms with Gasteiger partial charge in [-0.05, 0) is 48.5 Å². The topological polar surface area (TPSA) is 21.5 Å². The molecule has 0 saturated carbocycles. The molecule has 0 amide bonds. The molecule has 3 heteroatoms. The lowest BCUT2D eigenvalue weighted by molar-refractivity contribution is 0.103. The van der Waals surface area contributed by atoms with E-state index in [4.69, 9.17) is 0 Å². The molecule has 2 nitrogen and oxygen atoms in total. The number of ketones is 1. The molecule has 2 aromatic heterocycles. The van der Waals surface area contributed by atoms with Crippen LogP contribution in [-0.2, 0) is 0 Å². The van der Waals surface area contributed by atoms with E-state index in [-0.39, 0.29) is 5.78 Å². The van der Waals surface area contributed by atoms with E-state index >= 15 is 0 Å². The second-order valence-corrected chi connectivity index (χ2v) is 4.97. The van der Waals surface area contributed by atoms with E-state index < -0.39 is 0 Å². The van der Waals surface area contributed by atoms with E-state index in [0.29, 0.717) is 11.3 Å². The van der Waals surface area contributed by atoms with Gasteiger partial charge in [0, 0.05) is 21.7 Å². The lowest BCUT2D eigenvalue weighted by Gasteiger charge is -2.02. The van der Waals surface area contributed by atoms with Crippen LogP contribution in [0.5, 0.6) is 0 Å². The van der Waals surface area contributed by atoms with E-state index in [0.717, 1.165) is 9.99 Å². The van der Waals surface area contributed by atoms with Gasteiger partial charge < -0.3 is 4.40 Å². The molecule has 0 unspecified atom stereocenters. The van der Waals surface area contributed by atoms with Crippen molar-refractivity contribution in [2.75, 3.05) is 0 Å². The molecule has 3 rings (SSSR count). The Morgan fingerprint density at radius 1 is 0.944 bits per heavy atom. The van der Waals surface area contributed by atoms with Crippen molar-refractivity contribution in [1.82, 2.24) is 4.40 Å². The Hall–Kier alpha value is -1.87. The molecule has 3 aromatic rings. The summed E-state index contributed by atoms with van der Waals surface area (Å²) in [6, 6.07) is 17.1. The molecule has 0 aliphatic heterocycles. The Morgan fingerprint density at radius 2 is 1.72 bits per heavy atom. The van der Waals surface area contributed by atoms with E-state index in [2.05, 4.69) is 15.9 Å². The van der Waals surface area contributed by atoms with Gasteiger partial charge in [-0.15, -0.1) is 0 Å². The van der Waals surface area contributed by atoms with Crippen molar-refractivity contribution in [3.05, 3.63) is 76.5 Å². The molecule has 1 aromatic carbocycles. The van der Waals surface area contributed by atoms with Crippen LogP contribution < -0.4 is 0 Å². The Balaban J connectivity index is 2.09. The quantitative estimate of drug-likeness (QED) is 0.657. The van der Waals surface area contributed by atoms with Crippen LogP contribution in [0.25, 0.3) is 5.52 Å². The van der Waals surface area contributed by atoms with Gasteiger partial charge in [0.05, 0.1) is 5.69 Å². The van der Waals surface area contributed by atoms with Gasteiger partial charge in [-0.1, -0.05) is 22.0 Å². The molecular weight excluding hydrogens is 290 g/mol. The fourth-order valence-corrected chi connectivity index (χ4v) is 2.25. The number of hydrogen-bond donors (Lipinski definition) is 0. The summed E-state index contributed by atoms with van der Waals surface area (Å²) in [5.41, 5.74) is 2.41. The lowest BCUT2D eigenvalue weighted by atomic mass is 10.1. The van der Waals surface area contributed by atoms with E-state index in [1.54, 1.807) is 0 Å². The van der Waals surface area contributed by atoms with Crippen LogP contribution in [0.15, 0.2) is 65.3 Å². The van der Waals surface area contributed by atoms with Crippen LogP contribution in [0.2, 0.25) is 0 Å². The summed E-state index contributed by atoms with van der Waals surface area (Å²) in [4.78, 5) is 12.4. The minimum absolute atomic E-state index is 0.0358. The Kier molecular flexibility index (Phi) is 2.76. The van der Waals surface area contributed by atoms with Gasteiger partial charge in [0.25, 0.3) is 0 Å². The van der Waals surface area contributed by atoms with Crippen LogP contribution >= 0.6 is 15.9 Å². The summed E-state index contributed by atoms with van der Waals surface area (Å²) in [7, 11) is 0. The Morgan fingerprint density at radius 3 is 2.50 bits per heavy atom. The molecule has 0 fully saturated rings. The second-order valence-electron chi connectivity index (χ2n) is 4.05. The van der Waals surface area contributed by atoms with Gasteiger partial charge in [-0.3, -0.25) is 4.79 Å². The first-order chi connectivity index (χ1) is 8.75. The van der Waals surface area contributed by atoms with Gasteiger partial charge in [-0.2, -0.15) is 0 Å².